The van der Waals surface area contributed by atoms with Crippen LogP contribution in [0.1, 0.15) is 19.5 Å². The monoisotopic (exact) mass is 276 g/mol. The van der Waals surface area contributed by atoms with Crippen LogP contribution in [0.5, 0.6) is 0 Å². The van der Waals surface area contributed by atoms with Crippen LogP contribution in [0.2, 0.25) is 10.2 Å². The van der Waals surface area contributed by atoms with Gasteiger partial charge in [0.25, 0.3) is 0 Å². The molecule has 0 amide bonds. The van der Waals surface area contributed by atoms with E-state index < -0.39 is 0 Å². The molecule has 0 bridgehead atoms. The van der Waals surface area contributed by atoms with Crippen LogP contribution < -0.4 is 0 Å². The van der Waals surface area contributed by atoms with Gasteiger partial charge in [-0.3, -0.25) is 4.90 Å². The molecule has 17 heavy (non-hydrogen) atoms. The second-order valence-electron chi connectivity index (χ2n) is 4.12. The molecule has 1 aromatic heterocycles. The minimum atomic E-state index is 0.405. The molecule has 0 aliphatic rings. The van der Waals surface area contributed by atoms with Crippen molar-refractivity contribution in [3.8, 4) is 0 Å². The van der Waals surface area contributed by atoms with Crippen LogP contribution >= 0.6 is 23.2 Å². The van der Waals surface area contributed by atoms with E-state index >= 15 is 0 Å². The van der Waals surface area contributed by atoms with Gasteiger partial charge in [-0.1, -0.05) is 23.2 Å². The van der Waals surface area contributed by atoms with Crippen molar-refractivity contribution in [3.63, 3.8) is 0 Å². The number of halogens is 2. The van der Waals surface area contributed by atoms with Crippen LogP contribution in [0, 0.1) is 0 Å². The van der Waals surface area contributed by atoms with Gasteiger partial charge in [0.1, 0.15) is 5.15 Å². The average Bonchev–Trinajstić information content (AvgIpc) is 2.28. The first-order valence-electron chi connectivity index (χ1n) is 5.58. The van der Waals surface area contributed by atoms with Gasteiger partial charge in [-0.25, -0.2) is 4.98 Å². The summed E-state index contributed by atoms with van der Waals surface area (Å²) < 4.78 is 5.09. The summed E-state index contributed by atoms with van der Waals surface area (Å²) in [6.45, 7) is 6.48. The van der Waals surface area contributed by atoms with Gasteiger partial charge in [-0.2, -0.15) is 0 Å². The van der Waals surface area contributed by atoms with Crippen molar-refractivity contribution in [1.82, 2.24) is 9.88 Å². The van der Waals surface area contributed by atoms with E-state index in [1.807, 2.05) is 0 Å². The Morgan fingerprint density at radius 3 is 2.65 bits per heavy atom. The second-order valence-corrected chi connectivity index (χ2v) is 4.91. The van der Waals surface area contributed by atoms with E-state index in [4.69, 9.17) is 27.9 Å². The zero-order valence-corrected chi connectivity index (χ0v) is 11.9. The predicted molar refractivity (Wildman–Crippen MR) is 71.7 cm³/mol. The van der Waals surface area contributed by atoms with Gasteiger partial charge in [-0.05, 0) is 26.0 Å². The smallest absolute Gasteiger partial charge is 0.129 e. The lowest BCUT2D eigenvalue weighted by atomic mass is 10.2. The van der Waals surface area contributed by atoms with E-state index in [2.05, 4.69) is 23.7 Å². The molecule has 0 aliphatic heterocycles. The molecule has 0 N–H and O–H groups in total. The molecule has 0 saturated carbocycles. The molecule has 1 aromatic rings. The van der Waals surface area contributed by atoms with Crippen LogP contribution in [-0.2, 0) is 11.3 Å². The highest BCUT2D eigenvalue weighted by Gasteiger charge is 2.13. The van der Waals surface area contributed by atoms with Gasteiger partial charge in [0.15, 0.2) is 0 Å². The summed E-state index contributed by atoms with van der Waals surface area (Å²) in [6, 6.07) is 3.88. The van der Waals surface area contributed by atoms with Crippen molar-refractivity contribution in [2.45, 2.75) is 26.4 Å². The summed E-state index contributed by atoms with van der Waals surface area (Å²) in [5.41, 5.74) is 0.809. The van der Waals surface area contributed by atoms with E-state index in [0.29, 0.717) is 29.4 Å². The molecular formula is C12H18Cl2N2O. The fourth-order valence-corrected chi connectivity index (χ4v) is 1.82. The molecule has 1 rings (SSSR count). The quantitative estimate of drug-likeness (QED) is 0.746. The van der Waals surface area contributed by atoms with Crippen molar-refractivity contribution in [3.05, 3.63) is 28.0 Å². The molecule has 1 heterocycles. The summed E-state index contributed by atoms with van der Waals surface area (Å²) >= 11 is 12.0. The van der Waals surface area contributed by atoms with E-state index in [1.165, 1.54) is 0 Å². The lowest BCUT2D eigenvalue weighted by Crippen LogP contribution is -2.33. The van der Waals surface area contributed by atoms with E-state index in [-0.39, 0.29) is 0 Å². The highest BCUT2D eigenvalue weighted by molar-refractivity contribution is 6.32. The molecule has 0 fully saturated rings. The highest BCUT2D eigenvalue weighted by atomic mass is 35.5. The molecule has 0 aromatic carbocycles. The van der Waals surface area contributed by atoms with E-state index in [9.17, 15) is 0 Å². The van der Waals surface area contributed by atoms with Crippen LogP contribution in [0.3, 0.4) is 0 Å². The zero-order chi connectivity index (χ0) is 12.8. The predicted octanol–water partition coefficient (Wildman–Crippen LogP) is 3.25. The topological polar surface area (TPSA) is 25.4 Å². The summed E-state index contributed by atoms with van der Waals surface area (Å²) in [6.07, 6.45) is 0. The Bertz CT molecular complexity index is 358. The minimum Gasteiger partial charge on any atom is -0.383 e. The third-order valence-corrected chi connectivity index (χ3v) is 3.11. The Labute approximate surface area is 113 Å². The molecule has 3 nitrogen and oxygen atoms in total. The lowest BCUT2D eigenvalue weighted by molar-refractivity contribution is 0.124. The van der Waals surface area contributed by atoms with Gasteiger partial charge < -0.3 is 4.74 Å². The Morgan fingerprint density at radius 1 is 1.35 bits per heavy atom. The van der Waals surface area contributed by atoms with Crippen molar-refractivity contribution < 1.29 is 4.74 Å². The number of hydrogen-bond donors (Lipinski definition) is 0. The Balaban J connectivity index is 2.74. The van der Waals surface area contributed by atoms with Crippen molar-refractivity contribution in [2.75, 3.05) is 20.3 Å². The number of nitrogens with zero attached hydrogens (tertiary/aromatic N) is 2. The number of methoxy groups -OCH3 is 1. The zero-order valence-electron chi connectivity index (χ0n) is 10.4. The third kappa shape index (κ3) is 4.80. The molecule has 96 valence electrons. The van der Waals surface area contributed by atoms with Crippen LogP contribution in [0.4, 0.5) is 0 Å². The van der Waals surface area contributed by atoms with Crippen molar-refractivity contribution in [2.24, 2.45) is 0 Å². The number of ether oxygens (including phenoxy) is 1. The summed E-state index contributed by atoms with van der Waals surface area (Å²) in [4.78, 5) is 6.50. The Hall–Kier alpha value is -0.350. The molecule has 5 heteroatoms. The van der Waals surface area contributed by atoms with Crippen LogP contribution in [-0.4, -0.2) is 36.2 Å². The summed E-state index contributed by atoms with van der Waals surface area (Å²) in [7, 11) is 1.70. The number of rotatable bonds is 6. The molecule has 0 radical (unpaired) electrons. The highest BCUT2D eigenvalue weighted by Crippen LogP contribution is 2.19. The van der Waals surface area contributed by atoms with Crippen LogP contribution in [0.25, 0.3) is 0 Å². The second kappa shape index (κ2) is 7.17. The SMILES string of the molecule is COCCN(Cc1nc(Cl)ccc1Cl)C(C)C. The Kier molecular flexibility index (Phi) is 6.20. The molecule has 0 atom stereocenters. The Morgan fingerprint density at radius 2 is 2.06 bits per heavy atom. The molecular weight excluding hydrogens is 259 g/mol. The summed E-state index contributed by atoms with van der Waals surface area (Å²) in [5, 5.41) is 1.12. The van der Waals surface area contributed by atoms with Crippen molar-refractivity contribution >= 4 is 23.2 Å². The normalized spacial score (nSPS) is 11.5. The van der Waals surface area contributed by atoms with Gasteiger partial charge in [0.2, 0.25) is 0 Å². The van der Waals surface area contributed by atoms with E-state index in [1.54, 1.807) is 19.2 Å². The molecule has 0 unspecified atom stereocenters. The van der Waals surface area contributed by atoms with Crippen molar-refractivity contribution in [1.29, 1.82) is 0 Å². The lowest BCUT2D eigenvalue weighted by Gasteiger charge is -2.26. The third-order valence-electron chi connectivity index (χ3n) is 2.55. The van der Waals surface area contributed by atoms with Gasteiger partial charge in [-0.15, -0.1) is 0 Å². The van der Waals surface area contributed by atoms with E-state index in [0.717, 1.165) is 12.2 Å². The van der Waals surface area contributed by atoms with Gasteiger partial charge in [0.05, 0.1) is 17.3 Å². The maximum atomic E-state index is 6.10. The first-order chi connectivity index (χ1) is 8.04. The molecule has 0 aliphatic carbocycles. The van der Waals surface area contributed by atoms with Crippen LogP contribution in [0.15, 0.2) is 12.1 Å². The standard InChI is InChI=1S/C12H18Cl2N2O/c1-9(2)16(6-7-17-3)8-11-10(13)4-5-12(14)15-11/h4-5,9H,6-8H2,1-3H3. The minimum absolute atomic E-state index is 0.405. The number of hydrogen-bond acceptors (Lipinski definition) is 3. The average molecular weight is 277 g/mol. The number of pyridine rings is 1. The maximum absolute atomic E-state index is 6.10. The molecule has 0 saturated heterocycles. The summed E-state index contributed by atoms with van der Waals surface area (Å²) in [5.74, 6) is 0. The number of aromatic nitrogens is 1. The maximum Gasteiger partial charge on any atom is 0.129 e. The largest absolute Gasteiger partial charge is 0.383 e. The van der Waals surface area contributed by atoms with Gasteiger partial charge in [0, 0.05) is 26.2 Å². The first-order valence-corrected chi connectivity index (χ1v) is 6.34. The fourth-order valence-electron chi connectivity index (χ4n) is 1.49. The fraction of sp³-hybridized carbons (Fsp3) is 0.583. The molecule has 0 spiro atoms. The van der Waals surface area contributed by atoms with Gasteiger partial charge >= 0.3 is 0 Å². The first kappa shape index (κ1) is 14.7.